The van der Waals surface area contributed by atoms with Gasteiger partial charge in [0.25, 0.3) is 0 Å². The number of carbonyl (C=O) groups excluding carboxylic acids is 1. The molecule has 0 amide bonds. The number of methoxy groups -OCH3 is 1. The van der Waals surface area contributed by atoms with E-state index >= 15 is 0 Å². The number of nitrogens with zero attached hydrogens (tertiary/aromatic N) is 1. The van der Waals surface area contributed by atoms with E-state index < -0.39 is 0 Å². The normalized spacial score (nSPS) is 12.8. The van der Waals surface area contributed by atoms with Crippen molar-refractivity contribution in [3.05, 3.63) is 29.8 Å². The Morgan fingerprint density at radius 3 is 2.17 bits per heavy atom. The lowest BCUT2D eigenvalue weighted by atomic mass is 10.0. The Bertz CT molecular complexity index is 384. The van der Waals surface area contributed by atoms with Crippen LogP contribution in [0.5, 0.6) is 5.75 Å². The molecule has 0 bridgehead atoms. The Balaban J connectivity index is 2.84. The summed E-state index contributed by atoms with van der Waals surface area (Å²) in [6.45, 7) is 9.15. The minimum atomic E-state index is -0.0941. The first-order valence-electron chi connectivity index (χ1n) is 6.45. The van der Waals surface area contributed by atoms with E-state index in [1.165, 1.54) is 0 Å². The second-order valence-electron chi connectivity index (χ2n) is 4.69. The summed E-state index contributed by atoms with van der Waals surface area (Å²) in [7, 11) is 1.62. The van der Waals surface area contributed by atoms with Crippen molar-refractivity contribution >= 4 is 5.78 Å². The first-order valence-corrected chi connectivity index (χ1v) is 6.45. The van der Waals surface area contributed by atoms with E-state index in [-0.39, 0.29) is 11.8 Å². The number of ketones is 1. The molecule has 0 saturated carbocycles. The van der Waals surface area contributed by atoms with E-state index in [1.54, 1.807) is 7.11 Å². The summed E-state index contributed by atoms with van der Waals surface area (Å²) in [6.07, 6.45) is 0. The summed E-state index contributed by atoms with van der Waals surface area (Å²) in [6, 6.07) is 7.57. The van der Waals surface area contributed by atoms with Gasteiger partial charge in [0, 0.05) is 11.6 Å². The summed E-state index contributed by atoms with van der Waals surface area (Å²) in [5, 5.41) is 0. The van der Waals surface area contributed by atoms with Crippen LogP contribution < -0.4 is 4.74 Å². The molecule has 0 saturated heterocycles. The Labute approximate surface area is 110 Å². The van der Waals surface area contributed by atoms with Gasteiger partial charge in [0.15, 0.2) is 5.78 Å². The monoisotopic (exact) mass is 249 g/mol. The fourth-order valence-corrected chi connectivity index (χ4v) is 2.23. The Morgan fingerprint density at radius 2 is 1.78 bits per heavy atom. The first-order chi connectivity index (χ1) is 8.51. The summed E-state index contributed by atoms with van der Waals surface area (Å²) in [5.41, 5.74) is 0.738. The van der Waals surface area contributed by atoms with E-state index in [9.17, 15) is 4.79 Å². The van der Waals surface area contributed by atoms with Gasteiger partial charge >= 0.3 is 0 Å². The molecule has 0 N–H and O–H groups in total. The standard InChI is InChI=1S/C15H23NO2/c1-6-16(11(2)3)12(4)15(17)13-7-9-14(18-5)10-8-13/h7-12H,6H2,1-5H3. The highest BCUT2D eigenvalue weighted by atomic mass is 16.5. The lowest BCUT2D eigenvalue weighted by molar-refractivity contribution is 0.0800. The third-order valence-electron chi connectivity index (χ3n) is 3.28. The van der Waals surface area contributed by atoms with Crippen LogP contribution in [0.3, 0.4) is 0 Å². The average molecular weight is 249 g/mol. The molecule has 0 aliphatic carbocycles. The summed E-state index contributed by atoms with van der Waals surface area (Å²) >= 11 is 0. The quantitative estimate of drug-likeness (QED) is 0.726. The van der Waals surface area contributed by atoms with E-state index in [1.807, 2.05) is 31.2 Å². The van der Waals surface area contributed by atoms with Crippen molar-refractivity contribution in [2.24, 2.45) is 0 Å². The molecule has 0 aliphatic rings. The molecule has 3 nitrogen and oxygen atoms in total. The summed E-state index contributed by atoms with van der Waals surface area (Å²) in [5.74, 6) is 0.934. The summed E-state index contributed by atoms with van der Waals surface area (Å²) in [4.78, 5) is 14.6. The van der Waals surface area contributed by atoms with Gasteiger partial charge in [-0.3, -0.25) is 9.69 Å². The zero-order chi connectivity index (χ0) is 13.7. The second-order valence-corrected chi connectivity index (χ2v) is 4.69. The number of carbonyl (C=O) groups is 1. The van der Waals surface area contributed by atoms with Gasteiger partial charge < -0.3 is 4.74 Å². The largest absolute Gasteiger partial charge is 0.497 e. The first kappa shape index (κ1) is 14.7. The van der Waals surface area contributed by atoms with Gasteiger partial charge in [-0.05, 0) is 51.6 Å². The minimum Gasteiger partial charge on any atom is -0.497 e. The van der Waals surface area contributed by atoms with Crippen molar-refractivity contribution in [2.75, 3.05) is 13.7 Å². The average Bonchev–Trinajstić information content (AvgIpc) is 2.38. The van der Waals surface area contributed by atoms with Crippen LogP contribution in [0, 0.1) is 0 Å². The van der Waals surface area contributed by atoms with Crippen LogP contribution in [0.4, 0.5) is 0 Å². The Hall–Kier alpha value is -1.35. The molecule has 0 fully saturated rings. The molecule has 0 aliphatic heterocycles. The van der Waals surface area contributed by atoms with E-state index in [2.05, 4.69) is 25.7 Å². The van der Waals surface area contributed by atoms with E-state index in [0.29, 0.717) is 6.04 Å². The highest BCUT2D eigenvalue weighted by Gasteiger charge is 2.23. The number of likely N-dealkylation sites (N-methyl/N-ethyl adjacent to an activating group) is 1. The van der Waals surface area contributed by atoms with Crippen molar-refractivity contribution < 1.29 is 9.53 Å². The molecule has 3 heteroatoms. The zero-order valence-electron chi connectivity index (χ0n) is 11.9. The van der Waals surface area contributed by atoms with Crippen LogP contribution in [0.25, 0.3) is 0 Å². The molecule has 0 heterocycles. The second kappa shape index (κ2) is 6.55. The third kappa shape index (κ3) is 3.33. The van der Waals surface area contributed by atoms with Gasteiger partial charge in [-0.1, -0.05) is 6.92 Å². The molecule has 1 aromatic rings. The number of benzene rings is 1. The maximum Gasteiger partial charge on any atom is 0.179 e. The van der Waals surface area contributed by atoms with Gasteiger partial charge in [0.2, 0.25) is 0 Å². The predicted molar refractivity (Wildman–Crippen MR) is 74.3 cm³/mol. The fraction of sp³-hybridized carbons (Fsp3) is 0.533. The molecule has 18 heavy (non-hydrogen) atoms. The van der Waals surface area contributed by atoms with Crippen molar-refractivity contribution in [3.63, 3.8) is 0 Å². The highest BCUT2D eigenvalue weighted by Crippen LogP contribution is 2.15. The van der Waals surface area contributed by atoms with Crippen molar-refractivity contribution in [3.8, 4) is 5.75 Å². The molecule has 1 unspecified atom stereocenters. The van der Waals surface area contributed by atoms with Crippen molar-refractivity contribution in [1.82, 2.24) is 4.90 Å². The molecule has 1 rings (SSSR count). The maximum atomic E-state index is 12.4. The number of Topliss-reactive ketones (excluding diaryl/α,β-unsaturated/α-hetero) is 1. The number of ether oxygens (including phenoxy) is 1. The van der Waals surface area contributed by atoms with E-state index in [0.717, 1.165) is 17.9 Å². The minimum absolute atomic E-state index is 0.0941. The van der Waals surface area contributed by atoms with Crippen LogP contribution in [-0.4, -0.2) is 36.4 Å². The smallest absolute Gasteiger partial charge is 0.179 e. The molecule has 0 spiro atoms. The molecular weight excluding hydrogens is 226 g/mol. The van der Waals surface area contributed by atoms with Crippen molar-refractivity contribution in [2.45, 2.75) is 39.8 Å². The van der Waals surface area contributed by atoms with Gasteiger partial charge in [-0.2, -0.15) is 0 Å². The molecule has 0 aromatic heterocycles. The van der Waals surface area contributed by atoms with Crippen LogP contribution >= 0.6 is 0 Å². The van der Waals surface area contributed by atoms with Gasteiger partial charge in [-0.15, -0.1) is 0 Å². The van der Waals surface area contributed by atoms with Gasteiger partial charge in [-0.25, -0.2) is 0 Å². The maximum absolute atomic E-state index is 12.4. The highest BCUT2D eigenvalue weighted by molar-refractivity contribution is 5.99. The van der Waals surface area contributed by atoms with E-state index in [4.69, 9.17) is 4.74 Å². The number of hydrogen-bond acceptors (Lipinski definition) is 3. The SMILES string of the molecule is CCN(C(C)C)C(C)C(=O)c1ccc(OC)cc1. The molecule has 1 atom stereocenters. The van der Waals surface area contributed by atoms with Crippen LogP contribution in [-0.2, 0) is 0 Å². The third-order valence-corrected chi connectivity index (χ3v) is 3.28. The van der Waals surface area contributed by atoms with Gasteiger partial charge in [0.1, 0.15) is 5.75 Å². The molecule has 0 radical (unpaired) electrons. The lowest BCUT2D eigenvalue weighted by Gasteiger charge is -2.30. The lowest BCUT2D eigenvalue weighted by Crippen LogP contribution is -2.43. The Kier molecular flexibility index (Phi) is 5.35. The Morgan fingerprint density at radius 1 is 1.22 bits per heavy atom. The fourth-order valence-electron chi connectivity index (χ4n) is 2.23. The molecule has 100 valence electrons. The zero-order valence-corrected chi connectivity index (χ0v) is 11.9. The van der Waals surface area contributed by atoms with Gasteiger partial charge in [0.05, 0.1) is 13.2 Å². The predicted octanol–water partition coefficient (Wildman–Crippen LogP) is 3.00. The van der Waals surface area contributed by atoms with Crippen LogP contribution in [0.1, 0.15) is 38.1 Å². The molecule has 1 aromatic carbocycles. The molecular formula is C15H23NO2. The number of rotatable bonds is 6. The van der Waals surface area contributed by atoms with Crippen LogP contribution in [0.15, 0.2) is 24.3 Å². The number of hydrogen-bond donors (Lipinski definition) is 0. The van der Waals surface area contributed by atoms with Crippen molar-refractivity contribution in [1.29, 1.82) is 0 Å². The van der Waals surface area contributed by atoms with Crippen LogP contribution in [0.2, 0.25) is 0 Å². The summed E-state index contributed by atoms with van der Waals surface area (Å²) < 4.78 is 5.09. The topological polar surface area (TPSA) is 29.5 Å².